The fourth-order valence-corrected chi connectivity index (χ4v) is 1.12. The van der Waals surface area contributed by atoms with Gasteiger partial charge in [0.15, 0.2) is 0 Å². The fraction of sp³-hybridized carbons (Fsp3) is 0.500. The van der Waals surface area contributed by atoms with Crippen molar-refractivity contribution in [1.29, 1.82) is 0 Å². The Morgan fingerprint density at radius 1 is 1.67 bits per heavy atom. The minimum Gasteiger partial charge on any atom is -0.480 e. The average molecular weight is 256 g/mol. The van der Waals surface area contributed by atoms with Crippen molar-refractivity contribution in [1.82, 2.24) is 9.55 Å². The van der Waals surface area contributed by atoms with E-state index in [1.54, 1.807) is 12.5 Å². The van der Waals surface area contributed by atoms with Crippen molar-refractivity contribution in [2.45, 2.75) is 25.9 Å². The molecule has 0 aromatic carbocycles. The van der Waals surface area contributed by atoms with Gasteiger partial charge in [0.25, 0.3) is 0 Å². The van der Waals surface area contributed by atoms with Crippen LogP contribution in [0.15, 0.2) is 12.5 Å². The van der Waals surface area contributed by atoms with Crippen LogP contribution in [0.1, 0.15) is 12.6 Å². The molecule has 1 unspecified atom stereocenters. The summed E-state index contributed by atoms with van der Waals surface area (Å²) in [5.74, 6) is -0.983. The van der Waals surface area contributed by atoms with Crippen molar-refractivity contribution in [3.8, 4) is 0 Å². The second-order valence-electron chi connectivity index (χ2n) is 2.82. The highest BCUT2D eigenvalue weighted by molar-refractivity contribution is 5.85. The number of carbonyl (C=O) groups is 1. The smallest absolute Gasteiger partial charge is 0.320 e. The standard InChI is InChI=1S/C8H13N3O2.2ClH/c1-2-11-5-10-4-6(11)3-7(9)8(12)13;;/h4-5,7H,2-3,9H2,1H3,(H,12,13);2*1H. The van der Waals surface area contributed by atoms with Crippen LogP contribution in [0, 0.1) is 0 Å². The van der Waals surface area contributed by atoms with Crippen LogP contribution in [0.3, 0.4) is 0 Å². The molecule has 0 aliphatic rings. The van der Waals surface area contributed by atoms with E-state index in [1.165, 1.54) is 0 Å². The average Bonchev–Trinajstić information content (AvgIpc) is 2.51. The van der Waals surface area contributed by atoms with E-state index in [-0.39, 0.29) is 24.8 Å². The van der Waals surface area contributed by atoms with E-state index >= 15 is 0 Å². The number of hydrogen-bond acceptors (Lipinski definition) is 3. The quantitative estimate of drug-likeness (QED) is 0.830. The summed E-state index contributed by atoms with van der Waals surface area (Å²) in [6.07, 6.45) is 3.64. The van der Waals surface area contributed by atoms with Crippen molar-refractivity contribution in [3.63, 3.8) is 0 Å². The molecule has 1 rings (SSSR count). The van der Waals surface area contributed by atoms with E-state index in [0.717, 1.165) is 12.2 Å². The van der Waals surface area contributed by atoms with Gasteiger partial charge in [0.2, 0.25) is 0 Å². The van der Waals surface area contributed by atoms with Gasteiger partial charge in [-0.1, -0.05) is 0 Å². The fourth-order valence-electron chi connectivity index (χ4n) is 1.12. The second kappa shape index (κ2) is 7.50. The molecule has 5 nitrogen and oxygen atoms in total. The van der Waals surface area contributed by atoms with Crippen molar-refractivity contribution in [2.24, 2.45) is 5.73 Å². The van der Waals surface area contributed by atoms with Gasteiger partial charge in [0.1, 0.15) is 6.04 Å². The van der Waals surface area contributed by atoms with Crippen molar-refractivity contribution in [2.75, 3.05) is 0 Å². The van der Waals surface area contributed by atoms with Crippen LogP contribution in [-0.2, 0) is 17.8 Å². The van der Waals surface area contributed by atoms with Crippen LogP contribution in [0.25, 0.3) is 0 Å². The van der Waals surface area contributed by atoms with Gasteiger partial charge in [-0.3, -0.25) is 4.79 Å². The molecule has 0 saturated carbocycles. The highest BCUT2D eigenvalue weighted by Crippen LogP contribution is 2.02. The number of carboxylic acids is 1. The molecule has 0 bridgehead atoms. The van der Waals surface area contributed by atoms with Gasteiger partial charge in [0, 0.05) is 24.9 Å². The van der Waals surface area contributed by atoms with Gasteiger partial charge >= 0.3 is 5.97 Å². The Morgan fingerprint density at radius 2 is 2.27 bits per heavy atom. The van der Waals surface area contributed by atoms with E-state index < -0.39 is 12.0 Å². The molecule has 3 N–H and O–H groups in total. The monoisotopic (exact) mass is 255 g/mol. The Balaban J connectivity index is 0. The predicted molar refractivity (Wildman–Crippen MR) is 61.7 cm³/mol. The van der Waals surface area contributed by atoms with Gasteiger partial charge in [0.05, 0.1) is 6.33 Å². The molecule has 7 heteroatoms. The largest absolute Gasteiger partial charge is 0.480 e. The maximum absolute atomic E-state index is 10.5. The van der Waals surface area contributed by atoms with Crippen LogP contribution in [-0.4, -0.2) is 26.7 Å². The van der Waals surface area contributed by atoms with Gasteiger partial charge in [-0.15, -0.1) is 24.8 Å². The lowest BCUT2D eigenvalue weighted by atomic mass is 10.2. The zero-order valence-corrected chi connectivity index (χ0v) is 9.92. The first-order valence-corrected chi connectivity index (χ1v) is 4.12. The number of aliphatic carboxylic acids is 1. The molecule has 1 atom stereocenters. The van der Waals surface area contributed by atoms with Gasteiger partial charge in [-0.25, -0.2) is 4.98 Å². The lowest BCUT2D eigenvalue weighted by molar-refractivity contribution is -0.138. The number of halogens is 2. The third kappa shape index (κ3) is 4.51. The third-order valence-corrected chi connectivity index (χ3v) is 1.89. The number of imidazole rings is 1. The van der Waals surface area contributed by atoms with Crippen molar-refractivity contribution in [3.05, 3.63) is 18.2 Å². The lowest BCUT2D eigenvalue weighted by Gasteiger charge is -2.07. The molecule has 0 aliphatic carbocycles. The second-order valence-corrected chi connectivity index (χ2v) is 2.82. The first kappa shape index (κ1) is 16.6. The maximum atomic E-state index is 10.5. The number of aromatic nitrogens is 2. The molecule has 88 valence electrons. The minimum absolute atomic E-state index is 0. The number of nitrogens with zero attached hydrogens (tertiary/aromatic N) is 2. The number of nitrogens with two attached hydrogens (primary N) is 1. The number of hydrogen-bond donors (Lipinski definition) is 2. The summed E-state index contributed by atoms with van der Waals surface area (Å²) in [5, 5.41) is 8.59. The molecule has 1 aromatic rings. The zero-order valence-electron chi connectivity index (χ0n) is 8.29. The Hall–Kier alpha value is -0.780. The van der Waals surface area contributed by atoms with Crippen LogP contribution in [0.4, 0.5) is 0 Å². The molecular formula is C8H15Cl2N3O2. The topological polar surface area (TPSA) is 81.1 Å². The Morgan fingerprint density at radius 3 is 2.73 bits per heavy atom. The van der Waals surface area contributed by atoms with E-state index in [4.69, 9.17) is 10.8 Å². The summed E-state index contributed by atoms with van der Waals surface area (Å²) in [7, 11) is 0. The lowest BCUT2D eigenvalue weighted by Crippen LogP contribution is -2.32. The number of aryl methyl sites for hydroxylation is 1. The van der Waals surface area contributed by atoms with Gasteiger partial charge in [-0.2, -0.15) is 0 Å². The molecule has 0 amide bonds. The summed E-state index contributed by atoms with van der Waals surface area (Å²) in [4.78, 5) is 14.4. The Kier molecular flexibility index (Phi) is 8.33. The Labute approximate surface area is 100 Å². The molecule has 1 heterocycles. The van der Waals surface area contributed by atoms with Crippen molar-refractivity contribution >= 4 is 30.8 Å². The molecule has 0 spiro atoms. The minimum atomic E-state index is -0.983. The molecular weight excluding hydrogens is 241 g/mol. The summed E-state index contributed by atoms with van der Waals surface area (Å²) in [5.41, 5.74) is 6.25. The highest BCUT2D eigenvalue weighted by atomic mass is 35.5. The van der Waals surface area contributed by atoms with Crippen LogP contribution < -0.4 is 5.73 Å². The molecule has 0 saturated heterocycles. The molecule has 1 aromatic heterocycles. The maximum Gasteiger partial charge on any atom is 0.320 e. The number of carboxylic acid groups (broad SMARTS) is 1. The Bertz CT molecular complexity index is 304. The van der Waals surface area contributed by atoms with Crippen LogP contribution >= 0.6 is 24.8 Å². The van der Waals surface area contributed by atoms with Crippen LogP contribution in [0.2, 0.25) is 0 Å². The third-order valence-electron chi connectivity index (χ3n) is 1.89. The zero-order chi connectivity index (χ0) is 9.84. The summed E-state index contributed by atoms with van der Waals surface area (Å²) in [6, 6.07) is -0.845. The summed E-state index contributed by atoms with van der Waals surface area (Å²) >= 11 is 0. The van der Waals surface area contributed by atoms with E-state index in [1.807, 2.05) is 11.5 Å². The predicted octanol–water partition coefficient (Wildman–Crippen LogP) is 0.701. The van der Waals surface area contributed by atoms with E-state index in [2.05, 4.69) is 4.98 Å². The molecule has 0 fully saturated rings. The normalized spacial score (nSPS) is 11.1. The first-order chi connectivity index (χ1) is 6.15. The molecule has 0 aliphatic heterocycles. The summed E-state index contributed by atoms with van der Waals surface area (Å²) < 4.78 is 1.88. The first-order valence-electron chi connectivity index (χ1n) is 4.12. The molecule has 15 heavy (non-hydrogen) atoms. The highest BCUT2D eigenvalue weighted by Gasteiger charge is 2.13. The van der Waals surface area contributed by atoms with Gasteiger partial charge in [-0.05, 0) is 6.92 Å². The van der Waals surface area contributed by atoms with E-state index in [9.17, 15) is 4.79 Å². The van der Waals surface area contributed by atoms with Gasteiger partial charge < -0.3 is 15.4 Å². The SMILES string of the molecule is CCn1cncc1CC(N)C(=O)O.Cl.Cl. The van der Waals surface area contributed by atoms with Crippen LogP contribution in [0.5, 0.6) is 0 Å². The summed E-state index contributed by atoms with van der Waals surface area (Å²) in [6.45, 7) is 2.75. The molecule has 0 radical (unpaired) electrons. The number of rotatable bonds is 4. The van der Waals surface area contributed by atoms with E-state index in [0.29, 0.717) is 6.42 Å². The van der Waals surface area contributed by atoms with Crippen molar-refractivity contribution < 1.29 is 9.90 Å².